The van der Waals surface area contributed by atoms with Crippen LogP contribution in [-0.4, -0.2) is 60.1 Å². The number of rotatable bonds is 4. The van der Waals surface area contributed by atoms with Gasteiger partial charge in [0.25, 0.3) is 0 Å². The van der Waals surface area contributed by atoms with Crippen LogP contribution in [0.15, 0.2) is 41.6 Å². The average Bonchev–Trinajstić information content (AvgIpc) is 3.16. The van der Waals surface area contributed by atoms with E-state index in [9.17, 15) is 17.6 Å². The van der Waals surface area contributed by atoms with E-state index in [0.717, 1.165) is 36.1 Å². The van der Waals surface area contributed by atoms with Crippen LogP contribution >= 0.6 is 0 Å². The number of likely N-dealkylation sites (tertiary alicyclic amines) is 1. The highest BCUT2D eigenvalue weighted by molar-refractivity contribution is 7.90. The highest BCUT2D eigenvalue weighted by atomic mass is 32.2. The molecule has 0 aliphatic carbocycles. The quantitative estimate of drug-likeness (QED) is 0.609. The summed E-state index contributed by atoms with van der Waals surface area (Å²) in [6, 6.07) is 5.68. The summed E-state index contributed by atoms with van der Waals surface area (Å²) in [5.41, 5.74) is 1.46. The Morgan fingerprint density at radius 2 is 1.97 bits per heavy atom. The number of aromatic nitrogens is 3. The third-order valence-corrected chi connectivity index (χ3v) is 6.57. The molecule has 1 aromatic carbocycles. The number of halogens is 1. The second-order valence-corrected chi connectivity index (χ2v) is 9.56. The van der Waals surface area contributed by atoms with E-state index in [1.54, 1.807) is 30.3 Å². The molecule has 0 N–H and O–H groups in total. The van der Waals surface area contributed by atoms with Gasteiger partial charge in [0.15, 0.2) is 9.84 Å². The van der Waals surface area contributed by atoms with Crippen molar-refractivity contribution in [3.8, 4) is 11.3 Å². The summed E-state index contributed by atoms with van der Waals surface area (Å²) in [5, 5.41) is 5.31. The van der Waals surface area contributed by atoms with Crippen molar-refractivity contribution in [2.24, 2.45) is 0 Å². The molecule has 1 aliphatic heterocycles. The lowest BCUT2D eigenvalue weighted by Gasteiger charge is -2.31. The molecular weight excluding hydrogens is 423 g/mol. The van der Waals surface area contributed by atoms with Crippen molar-refractivity contribution < 1.29 is 22.3 Å². The van der Waals surface area contributed by atoms with Gasteiger partial charge in [-0.2, -0.15) is 5.10 Å². The van der Waals surface area contributed by atoms with Gasteiger partial charge in [-0.15, -0.1) is 0 Å². The smallest absolute Gasteiger partial charge is 0.409 e. The summed E-state index contributed by atoms with van der Waals surface area (Å²) in [4.78, 5) is 17.9. The molecule has 1 saturated heterocycles. The Kier molecular flexibility index (Phi) is 5.65. The predicted octanol–water partition coefficient (Wildman–Crippen LogP) is 3.43. The number of hydrogen-bond acceptors (Lipinski definition) is 6. The molecule has 3 heterocycles. The molecule has 0 unspecified atom stereocenters. The van der Waals surface area contributed by atoms with Crippen molar-refractivity contribution in [2.45, 2.75) is 30.7 Å². The van der Waals surface area contributed by atoms with Crippen LogP contribution in [-0.2, 0) is 14.6 Å². The summed E-state index contributed by atoms with van der Waals surface area (Å²) in [6.07, 6.45) is 5.61. The van der Waals surface area contributed by atoms with E-state index in [2.05, 4.69) is 10.1 Å². The standard InChI is InChI=1S/C21H23FN4O4S/c1-3-30-21(27)25-8-6-15(7-9-25)26-20-13-23-19(10-14(20)12-24-26)17-5-4-16(11-18(17)22)31(2,28)29/h4-5,10-13,15H,3,6-9H2,1-2H3. The van der Waals surface area contributed by atoms with Gasteiger partial charge >= 0.3 is 6.09 Å². The largest absolute Gasteiger partial charge is 0.450 e. The van der Waals surface area contributed by atoms with Gasteiger partial charge in [-0.25, -0.2) is 17.6 Å². The van der Waals surface area contributed by atoms with Crippen LogP contribution in [0.1, 0.15) is 25.8 Å². The molecule has 0 radical (unpaired) electrons. The van der Waals surface area contributed by atoms with Crippen LogP contribution < -0.4 is 0 Å². The molecule has 0 saturated carbocycles. The number of benzene rings is 1. The van der Waals surface area contributed by atoms with Crippen LogP contribution in [0.4, 0.5) is 9.18 Å². The lowest BCUT2D eigenvalue weighted by atomic mass is 10.1. The third-order valence-electron chi connectivity index (χ3n) is 5.46. The first kappa shape index (κ1) is 21.2. The fraction of sp³-hybridized carbons (Fsp3) is 0.381. The number of amides is 1. The second kappa shape index (κ2) is 8.26. The molecule has 164 valence electrons. The van der Waals surface area contributed by atoms with Crippen molar-refractivity contribution >= 4 is 26.8 Å². The normalized spacial score (nSPS) is 15.4. The highest BCUT2D eigenvalue weighted by Gasteiger charge is 2.26. The number of nitrogens with zero attached hydrogens (tertiary/aromatic N) is 4. The van der Waals surface area contributed by atoms with E-state index in [1.807, 2.05) is 4.68 Å². The maximum absolute atomic E-state index is 14.6. The van der Waals surface area contributed by atoms with Gasteiger partial charge in [0, 0.05) is 30.3 Å². The molecule has 0 bridgehead atoms. The lowest BCUT2D eigenvalue weighted by Crippen LogP contribution is -2.39. The average molecular weight is 447 g/mol. The summed E-state index contributed by atoms with van der Waals surface area (Å²) in [7, 11) is -3.49. The number of sulfone groups is 1. The van der Waals surface area contributed by atoms with Crippen molar-refractivity contribution in [3.05, 3.63) is 42.5 Å². The minimum Gasteiger partial charge on any atom is -0.450 e. The molecule has 0 atom stereocenters. The van der Waals surface area contributed by atoms with E-state index in [1.165, 1.54) is 12.1 Å². The first-order valence-corrected chi connectivity index (χ1v) is 11.9. The fourth-order valence-corrected chi connectivity index (χ4v) is 4.46. The molecular formula is C21H23FN4O4S. The first-order chi connectivity index (χ1) is 14.8. The molecule has 1 amide bonds. The number of ether oxygens (including phenoxy) is 1. The van der Waals surface area contributed by atoms with Crippen LogP contribution in [0.5, 0.6) is 0 Å². The van der Waals surface area contributed by atoms with E-state index in [4.69, 9.17) is 4.74 Å². The highest BCUT2D eigenvalue weighted by Crippen LogP contribution is 2.29. The van der Waals surface area contributed by atoms with Gasteiger partial charge in [0.2, 0.25) is 0 Å². The maximum atomic E-state index is 14.6. The molecule has 1 fully saturated rings. The van der Waals surface area contributed by atoms with Gasteiger partial charge in [0.05, 0.1) is 41.1 Å². The zero-order valence-corrected chi connectivity index (χ0v) is 18.1. The Bertz CT molecular complexity index is 1230. The zero-order chi connectivity index (χ0) is 22.2. The van der Waals surface area contributed by atoms with Crippen molar-refractivity contribution in [1.29, 1.82) is 0 Å². The van der Waals surface area contributed by atoms with E-state index < -0.39 is 15.7 Å². The van der Waals surface area contributed by atoms with Crippen molar-refractivity contribution in [1.82, 2.24) is 19.7 Å². The number of carbonyl (C=O) groups excluding carboxylic acids is 1. The van der Waals surface area contributed by atoms with E-state index >= 15 is 0 Å². The Morgan fingerprint density at radius 1 is 1.23 bits per heavy atom. The molecule has 2 aromatic heterocycles. The van der Waals surface area contributed by atoms with Crippen LogP contribution in [0.3, 0.4) is 0 Å². The molecule has 31 heavy (non-hydrogen) atoms. The van der Waals surface area contributed by atoms with Crippen molar-refractivity contribution in [3.63, 3.8) is 0 Å². The number of piperidine rings is 1. The van der Waals surface area contributed by atoms with E-state index in [-0.39, 0.29) is 22.6 Å². The molecule has 3 aromatic rings. The summed E-state index contributed by atoms with van der Waals surface area (Å²) >= 11 is 0. The van der Waals surface area contributed by atoms with Gasteiger partial charge in [-0.05, 0) is 44.0 Å². The van der Waals surface area contributed by atoms with Crippen molar-refractivity contribution in [2.75, 3.05) is 26.0 Å². The predicted molar refractivity (Wildman–Crippen MR) is 113 cm³/mol. The Hall–Kier alpha value is -3.01. The van der Waals surface area contributed by atoms with Gasteiger partial charge in [-0.3, -0.25) is 9.67 Å². The Balaban J connectivity index is 1.56. The third kappa shape index (κ3) is 4.25. The number of fused-ring (bicyclic) bond motifs is 1. The molecule has 8 nitrogen and oxygen atoms in total. The van der Waals surface area contributed by atoms with Crippen LogP contribution in [0.25, 0.3) is 22.2 Å². The number of hydrogen-bond donors (Lipinski definition) is 0. The Morgan fingerprint density at radius 3 is 2.61 bits per heavy atom. The molecule has 1 aliphatic rings. The fourth-order valence-electron chi connectivity index (χ4n) is 3.83. The topological polar surface area (TPSA) is 94.4 Å². The van der Waals surface area contributed by atoms with Crippen LogP contribution in [0, 0.1) is 5.82 Å². The molecule has 4 rings (SSSR count). The summed E-state index contributed by atoms with van der Waals surface area (Å²) in [5.74, 6) is -0.645. The van der Waals surface area contributed by atoms with Crippen LogP contribution in [0.2, 0.25) is 0 Å². The first-order valence-electron chi connectivity index (χ1n) is 10.0. The SMILES string of the molecule is CCOC(=O)N1CCC(n2ncc3cc(-c4ccc(S(C)(=O)=O)cc4F)ncc32)CC1. The molecule has 0 spiro atoms. The number of pyridine rings is 1. The van der Waals surface area contributed by atoms with Gasteiger partial charge in [-0.1, -0.05) is 0 Å². The zero-order valence-electron chi connectivity index (χ0n) is 17.3. The van der Waals surface area contributed by atoms with Gasteiger partial charge in [0.1, 0.15) is 5.82 Å². The molecule has 10 heteroatoms. The Labute approximate surface area is 179 Å². The minimum absolute atomic E-state index is 0.0724. The number of carbonyl (C=O) groups is 1. The van der Waals surface area contributed by atoms with Gasteiger partial charge < -0.3 is 9.64 Å². The maximum Gasteiger partial charge on any atom is 0.409 e. The monoisotopic (exact) mass is 446 g/mol. The van der Waals surface area contributed by atoms with E-state index in [0.29, 0.717) is 25.4 Å². The second-order valence-electron chi connectivity index (χ2n) is 7.55. The minimum atomic E-state index is -3.49. The summed E-state index contributed by atoms with van der Waals surface area (Å²) < 4.78 is 44.8. The summed E-state index contributed by atoms with van der Waals surface area (Å²) in [6.45, 7) is 3.32. The lowest BCUT2D eigenvalue weighted by molar-refractivity contribution is 0.0920.